The first-order valence-electron chi connectivity index (χ1n) is 26.8. The third-order valence-electron chi connectivity index (χ3n) is 22.3. The first-order valence-corrected chi connectivity index (χ1v) is 26.8. The second-order valence-electron chi connectivity index (χ2n) is 25.9. The topological polar surface area (TPSA) is 156 Å². The predicted molar refractivity (Wildman–Crippen MR) is 257 cm³/mol. The number of allylic oxidation sites excluding steroid dienone is 2. The van der Waals surface area contributed by atoms with E-state index >= 15 is 0 Å². The summed E-state index contributed by atoms with van der Waals surface area (Å²) >= 11 is 0. The van der Waals surface area contributed by atoms with Crippen LogP contribution < -0.4 is 0 Å². The predicted octanol–water partition coefficient (Wildman–Crippen LogP) is 10.6. The monoisotopic (exact) mass is 955 g/mol. The van der Waals surface area contributed by atoms with Gasteiger partial charge in [0.15, 0.2) is 25.0 Å². The van der Waals surface area contributed by atoms with Gasteiger partial charge in [-0.3, -0.25) is 4.79 Å². The Morgan fingerprint density at radius 1 is 0.735 bits per heavy atom. The van der Waals surface area contributed by atoms with E-state index in [1.165, 1.54) is 5.57 Å². The summed E-state index contributed by atoms with van der Waals surface area (Å²) in [6.45, 7) is 31.6. The SMILES string of the molecule is CCC1O[C@@H](OC2[C@H](O[C@H]3CCC4(C)C5CC=C6C7CC(C)(C)CC[C@]7(C(=O)O)C(OC)C[C@@]6(C)[C@@]5(C)CC[C@H]4[C@@]3(C)C=O)OC(C(=O)O)[C@@H](C)[C@@H]2O[C@@H]2OC[C@@H](C)[C@H](C)C2C)C(C)[C@@H](C)[C@H]1C. The molecule has 9 unspecified atom stereocenters. The molecule has 0 bridgehead atoms. The molecule has 0 spiro atoms. The fraction of sp³-hybridized carbons (Fsp3) is 0.911. The summed E-state index contributed by atoms with van der Waals surface area (Å²) in [4.78, 5) is 40.8. The van der Waals surface area contributed by atoms with Crippen LogP contribution in [0.3, 0.4) is 0 Å². The van der Waals surface area contributed by atoms with Crippen molar-refractivity contribution in [2.45, 2.75) is 217 Å². The quantitative estimate of drug-likeness (QED) is 0.115. The van der Waals surface area contributed by atoms with Crippen LogP contribution in [0.25, 0.3) is 0 Å². The van der Waals surface area contributed by atoms with Crippen LogP contribution in [-0.2, 0) is 47.5 Å². The fourth-order valence-corrected chi connectivity index (χ4v) is 16.8. The van der Waals surface area contributed by atoms with Gasteiger partial charge in [0.2, 0.25) is 0 Å². The maximum absolute atomic E-state index is 14.1. The van der Waals surface area contributed by atoms with Crippen molar-refractivity contribution < 1.29 is 57.8 Å². The third kappa shape index (κ3) is 7.95. The van der Waals surface area contributed by atoms with E-state index < -0.39 is 78.1 Å². The van der Waals surface area contributed by atoms with E-state index in [1.807, 2.05) is 6.92 Å². The third-order valence-corrected chi connectivity index (χ3v) is 22.3. The molecule has 0 aromatic rings. The van der Waals surface area contributed by atoms with Crippen LogP contribution in [-0.4, -0.2) is 97.6 Å². The zero-order valence-electron chi connectivity index (χ0n) is 44.4. The number of fused-ring (bicyclic) bond motifs is 7. The highest BCUT2D eigenvalue weighted by atomic mass is 16.8. The highest BCUT2D eigenvalue weighted by Crippen LogP contribution is 2.76. The summed E-state index contributed by atoms with van der Waals surface area (Å²) in [7, 11) is 1.71. The van der Waals surface area contributed by atoms with Crippen molar-refractivity contribution >= 4 is 18.2 Å². The van der Waals surface area contributed by atoms with Gasteiger partial charge in [-0.25, -0.2) is 4.79 Å². The summed E-state index contributed by atoms with van der Waals surface area (Å²) in [6.07, 6.45) is 4.81. The van der Waals surface area contributed by atoms with E-state index in [-0.39, 0.29) is 63.3 Å². The van der Waals surface area contributed by atoms with E-state index in [0.29, 0.717) is 43.6 Å². The number of hydrogen-bond donors (Lipinski definition) is 2. The second-order valence-corrected chi connectivity index (χ2v) is 25.9. The Balaban J connectivity index is 1.13. The number of carboxylic acid groups (broad SMARTS) is 2. The zero-order chi connectivity index (χ0) is 49.8. The number of carbonyl (C=O) groups excluding carboxylic acids is 1. The number of ether oxygens (including phenoxy) is 7. The van der Waals surface area contributed by atoms with Gasteiger partial charge in [-0.1, -0.05) is 109 Å². The van der Waals surface area contributed by atoms with Gasteiger partial charge in [-0.2, -0.15) is 0 Å². The van der Waals surface area contributed by atoms with Crippen LogP contribution >= 0.6 is 0 Å². The first kappa shape index (κ1) is 52.4. The van der Waals surface area contributed by atoms with Gasteiger partial charge in [0.05, 0.1) is 36.4 Å². The summed E-state index contributed by atoms with van der Waals surface area (Å²) < 4.78 is 47.5. The molecule has 12 nitrogen and oxygen atoms in total. The Kier molecular flexibility index (Phi) is 14.3. The molecule has 12 heteroatoms. The van der Waals surface area contributed by atoms with E-state index in [2.05, 4.69) is 96.1 Å². The van der Waals surface area contributed by atoms with Crippen molar-refractivity contribution in [3.05, 3.63) is 11.6 Å². The van der Waals surface area contributed by atoms with Crippen LogP contribution in [0.2, 0.25) is 0 Å². The molecule has 3 aliphatic heterocycles. The average molecular weight is 955 g/mol. The summed E-state index contributed by atoms with van der Waals surface area (Å²) in [5.41, 5.74) is -1.31. The molecule has 3 saturated heterocycles. The number of aldehydes is 1. The summed E-state index contributed by atoms with van der Waals surface area (Å²) in [5, 5.41) is 21.9. The molecule has 0 aromatic carbocycles. The van der Waals surface area contributed by atoms with Crippen LogP contribution in [0.15, 0.2) is 11.6 Å². The van der Waals surface area contributed by atoms with Crippen molar-refractivity contribution in [3.8, 4) is 0 Å². The Bertz CT molecular complexity index is 1920. The van der Waals surface area contributed by atoms with Crippen LogP contribution in [0.5, 0.6) is 0 Å². The Labute approximate surface area is 408 Å². The molecule has 5 aliphatic carbocycles. The van der Waals surface area contributed by atoms with Gasteiger partial charge in [0.25, 0.3) is 0 Å². The van der Waals surface area contributed by atoms with Crippen LogP contribution in [0.4, 0.5) is 0 Å². The molecule has 0 amide bonds. The number of carboxylic acids is 2. The zero-order valence-corrected chi connectivity index (χ0v) is 44.4. The van der Waals surface area contributed by atoms with E-state index in [4.69, 9.17) is 33.2 Å². The molecule has 8 aliphatic rings. The molecule has 8 rings (SSSR count). The van der Waals surface area contributed by atoms with Crippen LogP contribution in [0, 0.1) is 91.7 Å². The minimum absolute atomic E-state index is 0.0138. The van der Waals surface area contributed by atoms with Gasteiger partial charge in [-0.05, 0) is 127 Å². The standard InChI is InChI=1S/C56H90O12/c1-16-38-32(5)31(4)34(7)48(64-38)68-45-43(66-47-33(6)30(3)29(2)27-63-47)35(8)44(46(58)59)67-49(45)65-41-20-21-52(11)39(53(41,12)28-57)19-22-54(13)40(52)18-17-36-37-25-51(9,10)23-24-56(37,50(60)61)42(62-15)26-55(36,54)14/h17,28-35,37-45,47-49H,16,18-27H2,1-15H3,(H,58,59)(H,60,61)/t29-,30+,31+,32-,33?,34?,35+,37?,38?,39-,40?,41+,42?,43+,44?,45?,47+,48+,49-,52?,53-,54+,55-,56-/m1/s1. The lowest BCUT2D eigenvalue weighted by molar-refractivity contribution is -0.375. The number of rotatable bonds is 11. The smallest absolute Gasteiger partial charge is 0.333 e. The second kappa shape index (κ2) is 18.5. The van der Waals surface area contributed by atoms with Crippen molar-refractivity contribution in [2.24, 2.45) is 91.7 Å². The molecule has 0 aromatic heterocycles. The molecule has 3 heterocycles. The van der Waals surface area contributed by atoms with Crippen molar-refractivity contribution in [2.75, 3.05) is 13.7 Å². The van der Waals surface area contributed by atoms with Crippen molar-refractivity contribution in [3.63, 3.8) is 0 Å². The lowest BCUT2D eigenvalue weighted by Gasteiger charge is -2.71. The molecule has 24 atom stereocenters. The molecule has 68 heavy (non-hydrogen) atoms. The molecule has 386 valence electrons. The van der Waals surface area contributed by atoms with Crippen molar-refractivity contribution in [1.82, 2.24) is 0 Å². The number of methoxy groups -OCH3 is 1. The lowest BCUT2D eigenvalue weighted by atomic mass is 9.33. The number of hydrogen-bond acceptors (Lipinski definition) is 10. The largest absolute Gasteiger partial charge is 0.481 e. The minimum atomic E-state index is -1.26. The van der Waals surface area contributed by atoms with E-state index in [9.17, 15) is 24.6 Å². The van der Waals surface area contributed by atoms with Gasteiger partial charge in [0.1, 0.15) is 17.8 Å². The lowest BCUT2D eigenvalue weighted by Crippen LogP contribution is -2.68. The average Bonchev–Trinajstić information content (AvgIpc) is 3.28. The Morgan fingerprint density at radius 2 is 1.41 bits per heavy atom. The van der Waals surface area contributed by atoms with Gasteiger partial charge in [-0.15, -0.1) is 0 Å². The Hall–Kier alpha value is -1.93. The molecule has 0 radical (unpaired) electrons. The van der Waals surface area contributed by atoms with E-state index in [0.717, 1.165) is 51.2 Å². The number of carbonyl (C=O) groups is 3. The van der Waals surface area contributed by atoms with E-state index in [1.54, 1.807) is 7.11 Å². The number of aliphatic carboxylic acids is 2. The first-order chi connectivity index (χ1) is 31.8. The molecular formula is C56H90O12. The fourth-order valence-electron chi connectivity index (χ4n) is 16.8. The molecular weight excluding hydrogens is 865 g/mol. The molecule has 4 saturated carbocycles. The van der Waals surface area contributed by atoms with Crippen LogP contribution in [0.1, 0.15) is 161 Å². The maximum atomic E-state index is 14.1. The summed E-state index contributed by atoms with van der Waals surface area (Å²) in [6, 6.07) is 0. The maximum Gasteiger partial charge on any atom is 0.333 e. The van der Waals surface area contributed by atoms with Gasteiger partial charge < -0.3 is 48.2 Å². The minimum Gasteiger partial charge on any atom is -0.481 e. The molecule has 2 N–H and O–H groups in total. The summed E-state index contributed by atoms with van der Waals surface area (Å²) in [5.74, 6) is -1.10. The highest BCUT2D eigenvalue weighted by molar-refractivity contribution is 5.78. The van der Waals surface area contributed by atoms with Gasteiger partial charge in [0, 0.05) is 24.9 Å². The van der Waals surface area contributed by atoms with Crippen molar-refractivity contribution in [1.29, 1.82) is 0 Å². The molecule has 7 fully saturated rings. The Morgan fingerprint density at radius 3 is 2.04 bits per heavy atom. The normalized spacial score (nSPS) is 53.4. The van der Waals surface area contributed by atoms with Gasteiger partial charge >= 0.3 is 11.9 Å². The highest BCUT2D eigenvalue weighted by Gasteiger charge is 2.72.